The molecule has 4 unspecified atom stereocenters. The van der Waals surface area contributed by atoms with Gasteiger partial charge >= 0.3 is 19.3 Å². The fourth-order valence-electron chi connectivity index (χ4n) is 5.01. The smallest absolute Gasteiger partial charge is 0.476 e. The highest BCUT2D eigenvalue weighted by Crippen LogP contribution is 2.38. The molecule has 0 aliphatic heterocycles. The van der Waals surface area contributed by atoms with E-state index in [1.807, 2.05) is 13.8 Å². The average molecular weight is 614 g/mol. The molecule has 1 aromatic rings. The Morgan fingerprint density at radius 1 is 0.854 bits per heavy atom. The molecule has 4 atom stereocenters. The molecule has 236 valence electrons. The van der Waals surface area contributed by atoms with Crippen LogP contribution in [-0.2, 0) is 18.8 Å². The van der Waals surface area contributed by atoms with Gasteiger partial charge < -0.3 is 14.6 Å². The molecule has 6 nitrogen and oxygen atoms in total. The molecule has 0 fully saturated rings. The normalized spacial score (nSPS) is 14.9. The average Bonchev–Trinajstić information content (AvgIpc) is 2.96. The van der Waals surface area contributed by atoms with Gasteiger partial charge in [-0.05, 0) is 66.6 Å². The van der Waals surface area contributed by atoms with Gasteiger partial charge in [0.15, 0.2) is 0 Å². The number of aliphatic carboxylic acids is 1. The predicted octanol–water partition coefficient (Wildman–Crippen LogP) is 9.72. The van der Waals surface area contributed by atoms with Gasteiger partial charge in [0.25, 0.3) is 0 Å². The largest absolute Gasteiger partial charge is 0.556 e. The summed E-state index contributed by atoms with van der Waals surface area (Å²) in [5, 5.41) is 7.29. The van der Waals surface area contributed by atoms with Crippen LogP contribution in [0.1, 0.15) is 135 Å². The van der Waals surface area contributed by atoms with Crippen LogP contribution in [0, 0.1) is 0 Å². The molecule has 0 aliphatic carbocycles. The summed E-state index contributed by atoms with van der Waals surface area (Å²) in [4.78, 5) is 21.2. The van der Waals surface area contributed by atoms with E-state index >= 15 is 0 Å². The Labute approximate surface area is 255 Å². The molecule has 0 aromatic heterocycles. The molecular weight excluding hydrogens is 555 g/mol. The molecule has 8 heteroatoms. The zero-order chi connectivity index (χ0) is 30.2. The lowest BCUT2D eigenvalue weighted by atomic mass is 9.91. The van der Waals surface area contributed by atoms with Gasteiger partial charge in [0.1, 0.15) is 6.61 Å². The fourth-order valence-corrected chi connectivity index (χ4v) is 6.63. The molecule has 0 amide bonds. The van der Waals surface area contributed by atoms with Crippen molar-refractivity contribution in [2.45, 2.75) is 141 Å². The van der Waals surface area contributed by atoms with E-state index in [2.05, 4.69) is 49.0 Å². The Balaban J connectivity index is 2.15. The van der Waals surface area contributed by atoms with Crippen molar-refractivity contribution in [2.24, 2.45) is 0 Å². The summed E-state index contributed by atoms with van der Waals surface area (Å²) in [6.45, 7) is 5.65. The molecule has 2 N–H and O–H groups in total. The van der Waals surface area contributed by atoms with Gasteiger partial charge in [-0.15, -0.1) is 0 Å². The molecule has 1 rings (SSSR count). The maximum Gasteiger partial charge on any atom is 0.556 e. The molecule has 0 saturated carbocycles. The summed E-state index contributed by atoms with van der Waals surface area (Å²) in [5.74, 6) is 1.72. The van der Waals surface area contributed by atoms with Crippen LogP contribution in [0.3, 0.4) is 0 Å². The molecule has 0 saturated heterocycles. The lowest BCUT2D eigenvalue weighted by molar-refractivity contribution is -0.163. The van der Waals surface area contributed by atoms with Crippen molar-refractivity contribution < 1.29 is 28.8 Å². The Morgan fingerprint density at radius 2 is 1.46 bits per heavy atom. The number of unbranched alkanes of at least 4 members (excludes halogenated alkanes) is 10. The second kappa shape index (κ2) is 24.5. The standard InChI is InChI=1S/C33H57O6PS/c1-4-6-7-8-12-16-23-31(30-21-17-14-18-22-30)24-27-41-26-19-13-10-9-11-15-20-29(3)38-28-33(32(34)35,40(36)37)39-25-5-2/h14,17-18,21-22,29,31H,4-13,15-16,19-20,23-28H2,1-3H3,(H-,34,35,36,37)/p+1. The molecule has 0 heterocycles. The van der Waals surface area contributed by atoms with E-state index in [0.717, 1.165) is 19.3 Å². The van der Waals surface area contributed by atoms with Gasteiger partial charge in [-0.2, -0.15) is 16.7 Å². The summed E-state index contributed by atoms with van der Waals surface area (Å²) in [6, 6.07) is 11.1. The van der Waals surface area contributed by atoms with Crippen molar-refractivity contribution in [1.29, 1.82) is 0 Å². The minimum Gasteiger partial charge on any atom is -0.476 e. The van der Waals surface area contributed by atoms with Crippen molar-refractivity contribution in [3.05, 3.63) is 35.9 Å². The number of carboxylic acids is 1. The third kappa shape index (κ3) is 17.0. The van der Waals surface area contributed by atoms with Crippen LogP contribution in [0.25, 0.3) is 0 Å². The number of thioether (sulfide) groups is 1. The van der Waals surface area contributed by atoms with E-state index in [0.29, 0.717) is 12.3 Å². The van der Waals surface area contributed by atoms with Crippen LogP contribution < -0.4 is 0 Å². The number of hydrogen-bond acceptors (Lipinski definition) is 5. The molecule has 41 heavy (non-hydrogen) atoms. The highest BCUT2D eigenvalue weighted by Gasteiger charge is 2.59. The van der Waals surface area contributed by atoms with Crippen LogP contribution in [0.5, 0.6) is 0 Å². The van der Waals surface area contributed by atoms with E-state index in [4.69, 9.17) is 9.47 Å². The van der Waals surface area contributed by atoms with Crippen LogP contribution in [0.15, 0.2) is 30.3 Å². The highest BCUT2D eigenvalue weighted by molar-refractivity contribution is 7.99. The number of ether oxygens (including phenoxy) is 2. The van der Waals surface area contributed by atoms with Crippen molar-refractivity contribution in [3.8, 4) is 0 Å². The molecule has 0 aliphatic rings. The number of carbonyl (C=O) groups is 1. The maximum absolute atomic E-state index is 11.7. The second-order valence-electron chi connectivity index (χ2n) is 11.3. The van der Waals surface area contributed by atoms with Gasteiger partial charge in [-0.1, -0.05) is 115 Å². The van der Waals surface area contributed by atoms with Crippen LogP contribution in [0.2, 0.25) is 0 Å². The van der Waals surface area contributed by atoms with Crippen molar-refractivity contribution >= 4 is 25.8 Å². The van der Waals surface area contributed by atoms with Crippen LogP contribution >= 0.6 is 19.8 Å². The highest BCUT2D eigenvalue weighted by atomic mass is 32.2. The first kappa shape index (κ1) is 38.0. The van der Waals surface area contributed by atoms with E-state index in [1.54, 1.807) is 0 Å². The quantitative estimate of drug-likeness (QED) is 0.0718. The first-order valence-electron chi connectivity index (χ1n) is 16.1. The number of hydrogen-bond donors (Lipinski definition) is 2. The zero-order valence-electron chi connectivity index (χ0n) is 26.1. The third-order valence-electron chi connectivity index (χ3n) is 7.69. The molecule has 0 radical (unpaired) electrons. The second-order valence-corrected chi connectivity index (χ2v) is 13.8. The van der Waals surface area contributed by atoms with Gasteiger partial charge in [0.05, 0.1) is 12.7 Å². The van der Waals surface area contributed by atoms with Gasteiger partial charge in [-0.25, -0.2) is 4.79 Å². The van der Waals surface area contributed by atoms with E-state index < -0.39 is 25.9 Å². The van der Waals surface area contributed by atoms with Gasteiger partial charge in [-0.3, -0.25) is 0 Å². The summed E-state index contributed by atoms with van der Waals surface area (Å²) in [7, 11) is -3.08. The van der Waals surface area contributed by atoms with Gasteiger partial charge in [0, 0.05) is 0 Å². The minimum absolute atomic E-state index is 0.0949. The SMILES string of the molecule is CCCCCCCCC(CCSCCCCCCCCC(C)OCC(OCCC)(C(=O)O)[P+](=O)O)c1ccccc1. The summed E-state index contributed by atoms with van der Waals surface area (Å²) in [5.41, 5.74) is 1.51. The molecule has 0 bridgehead atoms. The van der Waals surface area contributed by atoms with E-state index in [1.165, 1.54) is 94.1 Å². The number of rotatable bonds is 28. The summed E-state index contributed by atoms with van der Waals surface area (Å²) < 4.78 is 22.7. The van der Waals surface area contributed by atoms with Crippen molar-refractivity contribution in [3.63, 3.8) is 0 Å². The van der Waals surface area contributed by atoms with Gasteiger partial charge in [0.2, 0.25) is 0 Å². The first-order chi connectivity index (χ1) is 19.9. The maximum atomic E-state index is 11.7. The van der Waals surface area contributed by atoms with Crippen LogP contribution in [-0.4, -0.2) is 52.1 Å². The Hall–Kier alpha value is -0.980. The minimum atomic E-state index is -3.08. The van der Waals surface area contributed by atoms with E-state index in [-0.39, 0.29) is 12.7 Å². The molecule has 0 spiro atoms. The number of benzene rings is 1. The van der Waals surface area contributed by atoms with Crippen molar-refractivity contribution in [2.75, 3.05) is 24.7 Å². The first-order valence-corrected chi connectivity index (χ1v) is 18.5. The number of carboxylic acid groups (broad SMARTS) is 1. The molecule has 1 aromatic carbocycles. The Morgan fingerprint density at radius 3 is 2.07 bits per heavy atom. The summed E-state index contributed by atoms with van der Waals surface area (Å²) >= 11 is 2.11. The summed E-state index contributed by atoms with van der Waals surface area (Å²) in [6.07, 6.45) is 19.0. The third-order valence-corrected chi connectivity index (χ3v) is 9.86. The fraction of sp³-hybridized carbons (Fsp3) is 0.788. The zero-order valence-corrected chi connectivity index (χ0v) is 27.8. The monoisotopic (exact) mass is 613 g/mol. The molecular formula is C33H58O6PS+. The van der Waals surface area contributed by atoms with Crippen LogP contribution in [0.4, 0.5) is 0 Å². The topological polar surface area (TPSA) is 93.1 Å². The Bertz CT molecular complexity index is 779. The van der Waals surface area contributed by atoms with E-state index in [9.17, 15) is 19.4 Å². The lowest BCUT2D eigenvalue weighted by Crippen LogP contribution is -2.44. The lowest BCUT2D eigenvalue weighted by Gasteiger charge is -2.20. The Kier molecular flexibility index (Phi) is 22.7. The predicted molar refractivity (Wildman–Crippen MR) is 173 cm³/mol. The van der Waals surface area contributed by atoms with Crippen molar-refractivity contribution in [1.82, 2.24) is 0 Å².